The van der Waals surface area contributed by atoms with Gasteiger partial charge in [-0.1, -0.05) is 6.07 Å². The minimum atomic E-state index is -4.52. The van der Waals surface area contributed by atoms with Crippen molar-refractivity contribution < 1.29 is 27.6 Å². The van der Waals surface area contributed by atoms with E-state index in [1.165, 1.54) is 24.0 Å². The number of hydrogen-bond donors (Lipinski definition) is 2. The fraction of sp³-hybridized carbons (Fsp3) is 0.286. The predicted octanol–water partition coefficient (Wildman–Crippen LogP) is 3.96. The van der Waals surface area contributed by atoms with Gasteiger partial charge in [-0.25, -0.2) is 0 Å². The Bertz CT molecular complexity index is 1000. The average molecular weight is 419 g/mol. The Labute approximate surface area is 171 Å². The summed E-state index contributed by atoms with van der Waals surface area (Å²) < 4.78 is 38.8. The largest absolute Gasteiger partial charge is 0.416 e. The third-order valence-electron chi connectivity index (χ3n) is 4.79. The van der Waals surface area contributed by atoms with Crippen LogP contribution in [0.1, 0.15) is 24.5 Å². The Morgan fingerprint density at radius 2 is 1.83 bits per heavy atom. The minimum Gasteiger partial charge on any atom is -0.326 e. The van der Waals surface area contributed by atoms with Gasteiger partial charge in [-0.2, -0.15) is 13.2 Å². The molecule has 30 heavy (non-hydrogen) atoms. The van der Waals surface area contributed by atoms with Crippen molar-refractivity contribution in [3.8, 4) is 0 Å². The summed E-state index contributed by atoms with van der Waals surface area (Å²) in [6.07, 6.45) is -4.61. The highest BCUT2D eigenvalue weighted by atomic mass is 19.4. The molecule has 0 bridgehead atoms. The highest BCUT2D eigenvalue weighted by Crippen LogP contribution is 2.33. The zero-order valence-electron chi connectivity index (χ0n) is 16.3. The Balaban J connectivity index is 1.70. The number of rotatable bonds is 4. The van der Waals surface area contributed by atoms with Crippen LogP contribution in [0.5, 0.6) is 0 Å². The summed E-state index contributed by atoms with van der Waals surface area (Å²) in [4.78, 5) is 37.3. The molecule has 3 amide bonds. The molecule has 1 fully saturated rings. The molecule has 0 aromatic heterocycles. The van der Waals surface area contributed by atoms with E-state index < -0.39 is 29.5 Å². The average Bonchev–Trinajstić information content (AvgIpc) is 3.05. The SMILES string of the molecule is CC(=O)Nc1ccc(NC(=O)C2CC(=O)N(c3cccc(C(F)(F)F)c3)C2)cc1C. The summed E-state index contributed by atoms with van der Waals surface area (Å²) in [7, 11) is 0. The van der Waals surface area contributed by atoms with E-state index in [4.69, 9.17) is 0 Å². The molecule has 1 atom stereocenters. The molecule has 9 heteroatoms. The minimum absolute atomic E-state index is 0.00502. The lowest BCUT2D eigenvalue weighted by molar-refractivity contribution is -0.137. The second kappa shape index (κ2) is 8.17. The Hall–Kier alpha value is -3.36. The first-order valence-corrected chi connectivity index (χ1v) is 9.21. The predicted molar refractivity (Wildman–Crippen MR) is 106 cm³/mol. The lowest BCUT2D eigenvalue weighted by atomic mass is 10.1. The molecule has 1 aliphatic heterocycles. The van der Waals surface area contributed by atoms with Crippen molar-refractivity contribution in [2.24, 2.45) is 5.92 Å². The Kier molecular flexibility index (Phi) is 5.82. The fourth-order valence-electron chi connectivity index (χ4n) is 3.30. The molecule has 1 unspecified atom stereocenters. The topological polar surface area (TPSA) is 78.5 Å². The van der Waals surface area contributed by atoms with Crippen molar-refractivity contribution in [3.05, 3.63) is 53.6 Å². The second-order valence-corrected chi connectivity index (χ2v) is 7.15. The molecule has 2 aromatic rings. The van der Waals surface area contributed by atoms with Crippen LogP contribution >= 0.6 is 0 Å². The monoisotopic (exact) mass is 419 g/mol. The number of benzene rings is 2. The molecule has 158 valence electrons. The van der Waals surface area contributed by atoms with Gasteiger partial charge in [0.2, 0.25) is 17.7 Å². The number of carbonyl (C=O) groups excluding carboxylic acids is 3. The maximum atomic E-state index is 12.9. The van der Waals surface area contributed by atoms with Crippen molar-refractivity contribution in [1.82, 2.24) is 0 Å². The number of amides is 3. The van der Waals surface area contributed by atoms with Crippen LogP contribution in [0.15, 0.2) is 42.5 Å². The molecule has 0 spiro atoms. The molecular weight excluding hydrogens is 399 g/mol. The number of aryl methyl sites for hydroxylation is 1. The van der Waals surface area contributed by atoms with Gasteiger partial charge in [0.05, 0.1) is 11.5 Å². The molecule has 0 saturated carbocycles. The fourth-order valence-corrected chi connectivity index (χ4v) is 3.30. The molecule has 1 heterocycles. The van der Waals surface area contributed by atoms with E-state index in [1.54, 1.807) is 25.1 Å². The second-order valence-electron chi connectivity index (χ2n) is 7.15. The van der Waals surface area contributed by atoms with Crippen LogP contribution in [-0.4, -0.2) is 24.3 Å². The summed E-state index contributed by atoms with van der Waals surface area (Å²) in [5.74, 6) is -1.72. The Morgan fingerprint density at radius 3 is 2.47 bits per heavy atom. The summed E-state index contributed by atoms with van der Waals surface area (Å²) in [6.45, 7) is 3.16. The molecule has 3 rings (SSSR count). The molecule has 1 aliphatic rings. The van der Waals surface area contributed by atoms with Crippen LogP contribution in [0.25, 0.3) is 0 Å². The van der Waals surface area contributed by atoms with Crippen LogP contribution in [0.3, 0.4) is 0 Å². The quantitative estimate of drug-likeness (QED) is 0.787. The van der Waals surface area contributed by atoms with Gasteiger partial charge in [0.1, 0.15) is 0 Å². The van der Waals surface area contributed by atoms with Gasteiger partial charge in [-0.05, 0) is 48.9 Å². The first kappa shape index (κ1) is 21.4. The number of carbonyl (C=O) groups is 3. The zero-order valence-corrected chi connectivity index (χ0v) is 16.3. The summed E-state index contributed by atoms with van der Waals surface area (Å²) in [6, 6.07) is 9.45. The van der Waals surface area contributed by atoms with Gasteiger partial charge < -0.3 is 15.5 Å². The molecular formula is C21H20F3N3O3. The highest BCUT2D eigenvalue weighted by Gasteiger charge is 2.37. The van der Waals surface area contributed by atoms with Crippen molar-refractivity contribution in [2.45, 2.75) is 26.4 Å². The van der Waals surface area contributed by atoms with Gasteiger partial charge in [0.25, 0.3) is 0 Å². The first-order chi connectivity index (χ1) is 14.0. The lowest BCUT2D eigenvalue weighted by Gasteiger charge is -2.18. The molecule has 2 aromatic carbocycles. The number of hydrogen-bond acceptors (Lipinski definition) is 3. The molecule has 1 saturated heterocycles. The van der Waals surface area contributed by atoms with E-state index in [2.05, 4.69) is 10.6 Å². The van der Waals surface area contributed by atoms with E-state index in [1.807, 2.05) is 0 Å². The van der Waals surface area contributed by atoms with Gasteiger partial charge in [0, 0.05) is 37.0 Å². The number of anilines is 3. The maximum absolute atomic E-state index is 12.9. The zero-order chi connectivity index (χ0) is 22.1. The van der Waals surface area contributed by atoms with Crippen LogP contribution < -0.4 is 15.5 Å². The highest BCUT2D eigenvalue weighted by molar-refractivity contribution is 6.03. The van der Waals surface area contributed by atoms with Gasteiger partial charge in [-0.3, -0.25) is 14.4 Å². The maximum Gasteiger partial charge on any atom is 0.416 e. The van der Waals surface area contributed by atoms with Gasteiger partial charge >= 0.3 is 6.18 Å². The van der Waals surface area contributed by atoms with Crippen LogP contribution in [0.4, 0.5) is 30.2 Å². The van der Waals surface area contributed by atoms with E-state index in [-0.39, 0.29) is 24.6 Å². The molecule has 0 aliphatic carbocycles. The van der Waals surface area contributed by atoms with Crippen LogP contribution in [0, 0.1) is 12.8 Å². The summed E-state index contributed by atoms with van der Waals surface area (Å²) in [5.41, 5.74) is 1.12. The van der Waals surface area contributed by atoms with Gasteiger partial charge in [-0.15, -0.1) is 0 Å². The van der Waals surface area contributed by atoms with Crippen LogP contribution in [-0.2, 0) is 20.6 Å². The molecule has 0 radical (unpaired) electrons. The Morgan fingerprint density at radius 1 is 1.10 bits per heavy atom. The standard InChI is InChI=1S/C21H20F3N3O3/c1-12-8-16(6-7-18(12)25-13(2)28)26-20(30)14-9-19(29)27(11-14)17-5-3-4-15(10-17)21(22,23)24/h3-8,10,14H,9,11H2,1-2H3,(H,25,28)(H,26,30). The van der Waals surface area contributed by atoms with Crippen molar-refractivity contribution >= 4 is 34.8 Å². The summed E-state index contributed by atoms with van der Waals surface area (Å²) >= 11 is 0. The normalized spacial score (nSPS) is 16.5. The number of nitrogens with zero attached hydrogens (tertiary/aromatic N) is 1. The van der Waals surface area contributed by atoms with Crippen molar-refractivity contribution in [2.75, 3.05) is 22.1 Å². The number of nitrogens with one attached hydrogen (secondary N) is 2. The summed E-state index contributed by atoms with van der Waals surface area (Å²) in [5, 5.41) is 5.39. The van der Waals surface area contributed by atoms with E-state index >= 15 is 0 Å². The molecule has 6 nitrogen and oxygen atoms in total. The number of halogens is 3. The van der Waals surface area contributed by atoms with Crippen molar-refractivity contribution in [3.63, 3.8) is 0 Å². The molecule has 2 N–H and O–H groups in total. The third-order valence-corrected chi connectivity index (χ3v) is 4.79. The first-order valence-electron chi connectivity index (χ1n) is 9.21. The smallest absolute Gasteiger partial charge is 0.326 e. The van der Waals surface area contributed by atoms with E-state index in [9.17, 15) is 27.6 Å². The van der Waals surface area contributed by atoms with E-state index in [0.717, 1.165) is 17.7 Å². The lowest BCUT2D eigenvalue weighted by Crippen LogP contribution is -2.28. The van der Waals surface area contributed by atoms with Gasteiger partial charge in [0.15, 0.2) is 0 Å². The number of alkyl halides is 3. The third kappa shape index (κ3) is 4.79. The van der Waals surface area contributed by atoms with E-state index in [0.29, 0.717) is 11.4 Å². The van der Waals surface area contributed by atoms with Crippen LogP contribution in [0.2, 0.25) is 0 Å². The van der Waals surface area contributed by atoms with Crippen molar-refractivity contribution in [1.29, 1.82) is 0 Å².